The van der Waals surface area contributed by atoms with Gasteiger partial charge in [0.15, 0.2) is 0 Å². The van der Waals surface area contributed by atoms with E-state index in [1.54, 1.807) is 27.7 Å². The van der Waals surface area contributed by atoms with Crippen molar-refractivity contribution in [2.24, 2.45) is 53.3 Å². The first-order valence-electron chi connectivity index (χ1n) is 28.3. The van der Waals surface area contributed by atoms with Crippen LogP contribution in [0.2, 0.25) is 0 Å². The fourth-order valence-electron chi connectivity index (χ4n) is 7.95. The summed E-state index contributed by atoms with van der Waals surface area (Å²) < 4.78 is 291. The minimum absolute atomic E-state index is 0.115. The molecule has 0 aromatic rings. The van der Waals surface area contributed by atoms with Crippen LogP contribution in [0.15, 0.2) is 0 Å². The molecule has 2 unspecified atom stereocenters. The lowest BCUT2D eigenvalue weighted by atomic mass is 9.88. The molecule has 536 valence electrons. The Labute approximate surface area is 511 Å². The summed E-state index contributed by atoms with van der Waals surface area (Å²) >= 11 is 0. The van der Waals surface area contributed by atoms with Crippen LogP contribution in [-0.4, -0.2) is 107 Å². The summed E-state index contributed by atoms with van der Waals surface area (Å²) in [7, 11) is 0. The van der Waals surface area contributed by atoms with E-state index in [-0.39, 0.29) is 49.1 Å². The summed E-state index contributed by atoms with van der Waals surface area (Å²) in [5.41, 5.74) is 0. The van der Waals surface area contributed by atoms with Crippen LogP contribution in [0.25, 0.3) is 0 Å². The molecule has 0 heterocycles. The second kappa shape index (κ2) is 42.4. The highest BCUT2D eigenvalue weighted by molar-refractivity contribution is 6.03. The number of hydrogen-bond acceptors (Lipinski definition) is 10. The van der Waals surface area contributed by atoms with Crippen molar-refractivity contribution in [3.05, 3.63) is 0 Å². The number of hydrogen-bond donors (Lipinski definition) is 0. The van der Waals surface area contributed by atoms with E-state index in [1.165, 1.54) is 27.7 Å². The van der Waals surface area contributed by atoms with Crippen molar-refractivity contribution in [1.29, 1.82) is 0 Å². The molecule has 0 amide bonds. The van der Waals surface area contributed by atoms with E-state index >= 15 is 0 Å². The van der Waals surface area contributed by atoms with Crippen molar-refractivity contribution in [2.45, 2.75) is 248 Å². The first-order valence-corrected chi connectivity index (χ1v) is 28.3. The highest BCUT2D eigenvalue weighted by atomic mass is 19.4. The maximum absolute atomic E-state index is 12.3. The first-order chi connectivity index (χ1) is 40.5. The number of carbonyl (C=O) groups excluding carboxylic acids is 10. The van der Waals surface area contributed by atoms with Crippen LogP contribution in [0, 0.1) is 53.3 Å². The van der Waals surface area contributed by atoms with Gasteiger partial charge in [-0.2, -0.15) is 105 Å². The van der Waals surface area contributed by atoms with Crippen LogP contribution in [-0.2, 0) is 47.9 Å². The third-order valence-electron chi connectivity index (χ3n) is 13.1. The van der Waals surface area contributed by atoms with E-state index in [2.05, 4.69) is 0 Å². The first kappa shape index (κ1) is 94.7. The maximum Gasteiger partial charge on any atom is 0.389 e. The largest absolute Gasteiger partial charge is 0.389 e. The van der Waals surface area contributed by atoms with Gasteiger partial charge >= 0.3 is 49.4 Å². The van der Waals surface area contributed by atoms with Crippen LogP contribution < -0.4 is 0 Å². The summed E-state index contributed by atoms with van der Waals surface area (Å²) in [4.78, 5) is 114. The maximum atomic E-state index is 12.3. The van der Waals surface area contributed by atoms with Crippen LogP contribution in [0.4, 0.5) is 105 Å². The Kier molecular flexibility index (Phi) is 44.1. The standard InChI is InChI=1S/C13H18F6O2.C13H21F3O2.C11H14F6O2.C11H17F3O2.C9H10F6O2/c1-3-8(4-2)10(20)5-11(21)9(6-12(14,15)16)7-13(17,18)19;1-4-9(5-2)11(17)7-12(18)10(6-3)8-13(14,15)16;1-6(2)8(18)3-9(19)7(4-10(12,13)14)5-11(15,16)17;1-4-8(6-11(12,13)14)10(16)5-9(15)7(2)3;1-5(16)2-7(17)6(3-8(10,11)12)4-9(13,14)15/h8-9H,3-7H2,1-2H3;9-10H,4-8H2,1-3H3;6-7H,3-5H2,1-2H3;7-8H,4-6H2,1-3H3;6H,2-4H2,1H3. The number of carbonyl (C=O) groups is 10. The Balaban J connectivity index is -0.000000340. The summed E-state index contributed by atoms with van der Waals surface area (Å²) in [5, 5.41) is 0. The van der Waals surface area contributed by atoms with Gasteiger partial charge in [0.25, 0.3) is 0 Å². The number of alkyl halides is 24. The average molecular weight is 1380 g/mol. The molecular weight excluding hydrogens is 1300 g/mol. The lowest BCUT2D eigenvalue weighted by Gasteiger charge is -2.20. The minimum Gasteiger partial charge on any atom is -0.300 e. The van der Waals surface area contributed by atoms with Crippen LogP contribution in [0.5, 0.6) is 0 Å². The van der Waals surface area contributed by atoms with Gasteiger partial charge in [-0.1, -0.05) is 69.2 Å². The Bertz CT molecular complexity index is 2180. The van der Waals surface area contributed by atoms with E-state index in [0.717, 1.165) is 6.92 Å². The van der Waals surface area contributed by atoms with Gasteiger partial charge in [-0.05, 0) is 45.4 Å². The van der Waals surface area contributed by atoms with Crippen molar-refractivity contribution in [1.82, 2.24) is 0 Å². The van der Waals surface area contributed by atoms with Crippen LogP contribution in [0.3, 0.4) is 0 Å². The van der Waals surface area contributed by atoms with Crippen molar-refractivity contribution in [2.75, 3.05) is 0 Å². The molecule has 0 aliphatic carbocycles. The van der Waals surface area contributed by atoms with Gasteiger partial charge in [-0.15, -0.1) is 0 Å². The van der Waals surface area contributed by atoms with Gasteiger partial charge < -0.3 is 0 Å². The molecule has 10 nitrogen and oxygen atoms in total. The molecule has 0 N–H and O–H groups in total. The molecule has 0 aliphatic heterocycles. The smallest absolute Gasteiger partial charge is 0.300 e. The Morgan fingerprint density at radius 1 is 0.220 bits per heavy atom. The number of ketones is 10. The van der Waals surface area contributed by atoms with E-state index < -0.39 is 208 Å². The second-order valence-corrected chi connectivity index (χ2v) is 22.0. The molecule has 0 spiro atoms. The van der Waals surface area contributed by atoms with E-state index in [1.807, 2.05) is 13.8 Å². The molecule has 0 rings (SSSR count). The van der Waals surface area contributed by atoms with Gasteiger partial charge in [-0.3, -0.25) is 47.9 Å². The van der Waals surface area contributed by atoms with Gasteiger partial charge in [0.05, 0.1) is 83.5 Å². The highest BCUT2D eigenvalue weighted by Gasteiger charge is 2.45. The average Bonchev–Trinajstić information content (AvgIpc) is 2.07. The molecule has 0 saturated heterocycles. The Hall–Kier alpha value is -4.98. The summed E-state index contributed by atoms with van der Waals surface area (Å²) in [5.74, 6) is -18.2. The Morgan fingerprint density at radius 3 is 0.495 bits per heavy atom. The number of Topliss-reactive ketones (excluding diaryl/α,β-unsaturated/α-hetero) is 10. The molecule has 0 aliphatic rings. The van der Waals surface area contributed by atoms with Gasteiger partial charge in [0, 0.05) is 53.3 Å². The molecule has 0 saturated carbocycles. The Morgan fingerprint density at radius 2 is 0.352 bits per heavy atom. The molecule has 0 fully saturated rings. The van der Waals surface area contributed by atoms with E-state index in [9.17, 15) is 153 Å². The van der Waals surface area contributed by atoms with E-state index in [4.69, 9.17) is 0 Å². The predicted molar refractivity (Wildman–Crippen MR) is 280 cm³/mol. The second-order valence-electron chi connectivity index (χ2n) is 22.0. The normalized spacial score (nSPS) is 13.3. The van der Waals surface area contributed by atoms with Crippen molar-refractivity contribution >= 4 is 57.8 Å². The predicted octanol–water partition coefficient (Wildman–Crippen LogP) is 18.3. The molecule has 0 aromatic carbocycles. The van der Waals surface area contributed by atoms with Crippen molar-refractivity contribution in [3.8, 4) is 0 Å². The minimum atomic E-state index is -4.89. The van der Waals surface area contributed by atoms with Gasteiger partial charge in [0.2, 0.25) is 0 Å². The van der Waals surface area contributed by atoms with Crippen LogP contribution in [0.1, 0.15) is 198 Å². The molecule has 91 heavy (non-hydrogen) atoms. The number of halogens is 24. The quantitative estimate of drug-likeness (QED) is 0.0455. The summed E-state index contributed by atoms with van der Waals surface area (Å²) in [6.07, 6.45) is -52.6. The van der Waals surface area contributed by atoms with Crippen LogP contribution >= 0.6 is 0 Å². The third kappa shape index (κ3) is 55.2. The lowest BCUT2D eigenvalue weighted by Crippen LogP contribution is -2.30. The fourth-order valence-corrected chi connectivity index (χ4v) is 7.95. The van der Waals surface area contributed by atoms with Gasteiger partial charge in [-0.25, -0.2) is 0 Å². The fraction of sp³-hybridized carbons (Fsp3) is 0.825. The summed E-state index contributed by atoms with van der Waals surface area (Å²) in [6, 6.07) is 0. The highest BCUT2D eigenvalue weighted by Crippen LogP contribution is 2.38. The number of rotatable bonds is 33. The lowest BCUT2D eigenvalue weighted by molar-refractivity contribution is -0.178. The SMILES string of the molecule is CC(=O)CC(=O)C(CC(F)(F)F)CC(F)(F)F.CC(C)C(=O)CC(=O)C(CC(F)(F)F)CC(F)(F)F.CCC(CC(F)(F)F)C(=O)CC(=O)C(C)C.CCC(CC)C(=O)CC(=O)C(CC(F)(F)F)CC(F)(F)F.CCC(CC)C(=O)CC(=O)C(CC)CC(F)(F)F. The monoisotopic (exact) mass is 1380 g/mol. The molecule has 0 radical (unpaired) electrons. The molecule has 34 heteroatoms. The summed E-state index contributed by atoms with van der Waals surface area (Å²) in [6.45, 7) is 17.1. The van der Waals surface area contributed by atoms with E-state index in [0.29, 0.717) is 25.7 Å². The van der Waals surface area contributed by atoms with Crippen molar-refractivity contribution in [3.63, 3.8) is 0 Å². The molecule has 0 bridgehead atoms. The van der Waals surface area contributed by atoms with Gasteiger partial charge in [0.1, 0.15) is 57.8 Å². The molecule has 2 atom stereocenters. The molecule has 0 aromatic heterocycles. The zero-order valence-corrected chi connectivity index (χ0v) is 51.8. The van der Waals surface area contributed by atoms with Crippen molar-refractivity contribution < 1.29 is 153 Å². The third-order valence-corrected chi connectivity index (χ3v) is 13.1. The zero-order valence-electron chi connectivity index (χ0n) is 51.8. The molecular formula is C57H80F24O10. The topological polar surface area (TPSA) is 171 Å². The zero-order chi connectivity index (χ0) is 73.4.